The van der Waals surface area contributed by atoms with Crippen LogP contribution in [0.4, 0.5) is 17.1 Å². The van der Waals surface area contributed by atoms with Crippen molar-refractivity contribution in [3.05, 3.63) is 54.1 Å². The van der Waals surface area contributed by atoms with Gasteiger partial charge in [-0.25, -0.2) is 0 Å². The van der Waals surface area contributed by atoms with E-state index in [0.29, 0.717) is 23.4 Å². The van der Waals surface area contributed by atoms with Gasteiger partial charge in [0, 0.05) is 35.1 Å². The summed E-state index contributed by atoms with van der Waals surface area (Å²) in [7, 11) is 0. The molecule has 1 fully saturated rings. The van der Waals surface area contributed by atoms with Gasteiger partial charge in [-0.05, 0) is 55.3 Å². The normalized spacial score (nSPS) is 13.8. The third-order valence-electron chi connectivity index (χ3n) is 5.29. The maximum atomic E-state index is 12.5. The smallest absolute Gasteiger partial charge is 0.251 e. The number of hydrogen-bond donors (Lipinski definition) is 4. The van der Waals surface area contributed by atoms with Crippen LogP contribution in [0, 0.1) is 0 Å². The van der Waals surface area contributed by atoms with Gasteiger partial charge in [-0.1, -0.05) is 32.3 Å². The molecule has 1 saturated carbocycles. The lowest BCUT2D eigenvalue weighted by atomic mass is 9.95. The molecule has 7 nitrogen and oxygen atoms in total. The van der Waals surface area contributed by atoms with Crippen LogP contribution in [0.15, 0.2) is 48.5 Å². The Morgan fingerprint density at radius 3 is 2.23 bits per heavy atom. The Hall–Kier alpha value is -3.35. The number of amides is 3. The second-order valence-corrected chi connectivity index (χ2v) is 7.77. The molecule has 7 heteroatoms. The minimum atomic E-state index is -0.215. The van der Waals surface area contributed by atoms with Gasteiger partial charge in [-0.15, -0.1) is 0 Å². The van der Waals surface area contributed by atoms with Gasteiger partial charge < -0.3 is 21.3 Å². The molecular weight excluding hydrogens is 392 g/mol. The Morgan fingerprint density at radius 2 is 1.52 bits per heavy atom. The summed E-state index contributed by atoms with van der Waals surface area (Å²) in [6.07, 6.45) is 6.03. The summed E-state index contributed by atoms with van der Waals surface area (Å²) in [6, 6.07) is 14.4. The summed E-state index contributed by atoms with van der Waals surface area (Å²) in [6.45, 7) is 1.88. The molecule has 2 aromatic carbocycles. The standard InChI is InChI=1S/C24H30N4O3/c1-2-22(29)26-20-13-11-18(12-14-20)25-16-23(30)27-21-10-6-7-17(15-21)24(31)28-19-8-4-3-5-9-19/h6-7,10-15,19,25H,2-5,8-9,16H2,1H3,(H,26,29)(H,27,30)(H,28,31). The Bertz CT molecular complexity index is 905. The minimum absolute atomic E-state index is 0.0465. The lowest BCUT2D eigenvalue weighted by molar-refractivity contribution is -0.116. The molecule has 0 unspecified atom stereocenters. The van der Waals surface area contributed by atoms with E-state index in [9.17, 15) is 14.4 Å². The molecule has 3 rings (SSSR count). The first kappa shape index (κ1) is 22.3. The molecule has 0 heterocycles. The summed E-state index contributed by atoms with van der Waals surface area (Å²) in [5.74, 6) is -0.362. The highest BCUT2D eigenvalue weighted by Gasteiger charge is 2.17. The third kappa shape index (κ3) is 7.13. The molecule has 1 aliphatic rings. The van der Waals surface area contributed by atoms with Gasteiger partial charge in [0.2, 0.25) is 11.8 Å². The maximum Gasteiger partial charge on any atom is 0.251 e. The number of benzene rings is 2. The third-order valence-corrected chi connectivity index (χ3v) is 5.29. The molecule has 0 saturated heterocycles. The van der Waals surface area contributed by atoms with Gasteiger partial charge in [0.25, 0.3) is 5.91 Å². The first-order chi connectivity index (χ1) is 15.0. The molecule has 164 valence electrons. The van der Waals surface area contributed by atoms with E-state index in [0.717, 1.165) is 31.4 Å². The van der Waals surface area contributed by atoms with Crippen molar-refractivity contribution in [1.82, 2.24) is 5.32 Å². The molecule has 0 aliphatic heterocycles. The SMILES string of the molecule is CCC(=O)Nc1ccc(NCC(=O)Nc2cccc(C(=O)NC3CCCCC3)c2)cc1. The van der Waals surface area contributed by atoms with Crippen LogP contribution in [-0.4, -0.2) is 30.3 Å². The summed E-state index contributed by atoms with van der Waals surface area (Å²) >= 11 is 0. The zero-order chi connectivity index (χ0) is 22.1. The number of carbonyl (C=O) groups excluding carboxylic acids is 3. The van der Waals surface area contributed by atoms with Crippen LogP contribution in [0.5, 0.6) is 0 Å². The molecule has 1 aliphatic carbocycles. The highest BCUT2D eigenvalue weighted by molar-refractivity contribution is 5.98. The average molecular weight is 423 g/mol. The van der Waals surface area contributed by atoms with E-state index >= 15 is 0 Å². The molecule has 0 aromatic heterocycles. The van der Waals surface area contributed by atoms with E-state index in [1.54, 1.807) is 55.5 Å². The molecule has 0 spiro atoms. The van der Waals surface area contributed by atoms with Gasteiger partial charge in [-0.3, -0.25) is 14.4 Å². The van der Waals surface area contributed by atoms with Crippen molar-refractivity contribution in [3.63, 3.8) is 0 Å². The van der Waals surface area contributed by atoms with Gasteiger partial charge in [0.1, 0.15) is 0 Å². The maximum absolute atomic E-state index is 12.5. The van der Waals surface area contributed by atoms with Crippen LogP contribution in [0.25, 0.3) is 0 Å². The van der Waals surface area contributed by atoms with Crippen LogP contribution in [0.2, 0.25) is 0 Å². The summed E-state index contributed by atoms with van der Waals surface area (Å²) in [5.41, 5.74) is 2.61. The number of hydrogen-bond acceptors (Lipinski definition) is 4. The minimum Gasteiger partial charge on any atom is -0.376 e. The topological polar surface area (TPSA) is 99.3 Å². The fourth-order valence-corrected chi connectivity index (χ4v) is 3.56. The highest BCUT2D eigenvalue weighted by atomic mass is 16.2. The second kappa shape index (κ2) is 11.2. The fourth-order valence-electron chi connectivity index (χ4n) is 3.56. The van der Waals surface area contributed by atoms with Gasteiger partial charge in [0.05, 0.1) is 6.54 Å². The van der Waals surface area contributed by atoms with E-state index in [1.165, 1.54) is 6.42 Å². The molecule has 0 bridgehead atoms. The first-order valence-electron chi connectivity index (χ1n) is 10.9. The van der Waals surface area contributed by atoms with E-state index < -0.39 is 0 Å². The predicted molar refractivity (Wildman–Crippen MR) is 123 cm³/mol. The summed E-state index contributed by atoms with van der Waals surface area (Å²) < 4.78 is 0. The quantitative estimate of drug-likeness (QED) is 0.514. The first-order valence-corrected chi connectivity index (χ1v) is 10.9. The lowest BCUT2D eigenvalue weighted by Crippen LogP contribution is -2.36. The van der Waals surface area contributed by atoms with Gasteiger partial charge >= 0.3 is 0 Å². The van der Waals surface area contributed by atoms with Crippen molar-refractivity contribution in [2.75, 3.05) is 22.5 Å². The van der Waals surface area contributed by atoms with Crippen molar-refractivity contribution in [3.8, 4) is 0 Å². The highest BCUT2D eigenvalue weighted by Crippen LogP contribution is 2.19. The molecule has 0 atom stereocenters. The van der Waals surface area contributed by atoms with Crippen LogP contribution in [0.3, 0.4) is 0 Å². The average Bonchev–Trinajstić information content (AvgIpc) is 2.79. The van der Waals surface area contributed by atoms with Crippen molar-refractivity contribution in [1.29, 1.82) is 0 Å². The molecular formula is C24H30N4O3. The summed E-state index contributed by atoms with van der Waals surface area (Å²) in [5, 5.41) is 11.7. The summed E-state index contributed by atoms with van der Waals surface area (Å²) in [4.78, 5) is 36.2. The zero-order valence-electron chi connectivity index (χ0n) is 17.9. The fraction of sp³-hybridized carbons (Fsp3) is 0.375. The lowest BCUT2D eigenvalue weighted by Gasteiger charge is -2.22. The Balaban J connectivity index is 1.48. The zero-order valence-corrected chi connectivity index (χ0v) is 17.9. The van der Waals surface area contributed by atoms with Crippen LogP contribution < -0.4 is 21.3 Å². The van der Waals surface area contributed by atoms with Crippen LogP contribution >= 0.6 is 0 Å². The number of rotatable bonds is 8. The Morgan fingerprint density at radius 1 is 0.839 bits per heavy atom. The monoisotopic (exact) mass is 422 g/mol. The molecule has 3 amide bonds. The Labute approximate surface area is 183 Å². The molecule has 0 radical (unpaired) electrons. The largest absolute Gasteiger partial charge is 0.376 e. The molecule has 2 aromatic rings. The predicted octanol–water partition coefficient (Wildman–Crippen LogP) is 4.15. The van der Waals surface area contributed by atoms with Crippen molar-refractivity contribution < 1.29 is 14.4 Å². The van der Waals surface area contributed by atoms with E-state index in [1.807, 2.05) is 0 Å². The number of carbonyl (C=O) groups is 3. The van der Waals surface area contributed by atoms with E-state index in [4.69, 9.17) is 0 Å². The Kier molecular flexibility index (Phi) is 8.04. The number of nitrogens with one attached hydrogen (secondary N) is 4. The van der Waals surface area contributed by atoms with Crippen molar-refractivity contribution in [2.45, 2.75) is 51.5 Å². The van der Waals surface area contributed by atoms with E-state index in [2.05, 4.69) is 21.3 Å². The second-order valence-electron chi connectivity index (χ2n) is 7.77. The number of anilines is 3. The van der Waals surface area contributed by atoms with Crippen LogP contribution in [0.1, 0.15) is 55.8 Å². The van der Waals surface area contributed by atoms with Crippen LogP contribution in [-0.2, 0) is 9.59 Å². The van der Waals surface area contributed by atoms with Crippen molar-refractivity contribution >= 4 is 34.8 Å². The van der Waals surface area contributed by atoms with Crippen molar-refractivity contribution in [2.24, 2.45) is 0 Å². The van der Waals surface area contributed by atoms with E-state index in [-0.39, 0.29) is 30.3 Å². The molecule has 4 N–H and O–H groups in total. The van der Waals surface area contributed by atoms with Gasteiger partial charge in [-0.2, -0.15) is 0 Å². The molecule has 31 heavy (non-hydrogen) atoms. The van der Waals surface area contributed by atoms with Gasteiger partial charge in [0.15, 0.2) is 0 Å².